The van der Waals surface area contributed by atoms with E-state index in [0.29, 0.717) is 27.6 Å². The van der Waals surface area contributed by atoms with Gasteiger partial charge in [-0.1, -0.05) is 17.4 Å². The highest BCUT2D eigenvalue weighted by Gasteiger charge is 2.34. The molecule has 44 heavy (non-hydrogen) atoms. The number of benzene rings is 2. The molecule has 1 aliphatic rings. The van der Waals surface area contributed by atoms with E-state index in [2.05, 4.69) is 4.99 Å². The first-order valence-corrected chi connectivity index (χ1v) is 14.5. The third kappa shape index (κ3) is 5.73. The molecule has 0 aliphatic carbocycles. The van der Waals surface area contributed by atoms with E-state index in [1.165, 1.54) is 36.0 Å². The third-order valence-corrected chi connectivity index (χ3v) is 7.72. The number of nitro groups is 1. The van der Waals surface area contributed by atoms with Crippen LogP contribution >= 0.6 is 11.3 Å². The Bertz CT molecular complexity index is 1980. The van der Waals surface area contributed by atoms with Crippen LogP contribution in [0.3, 0.4) is 0 Å². The SMILES string of the molecule is CCOC(=O)C1=C(C)N=c2s/c(=C\c3ccc(-c4cc([N+](=O)[O-])ccc4O)o3)c(=O)n2[C@@H]1c1ccc(OC(C)C)c(OC)c1. The second-order valence-electron chi connectivity index (χ2n) is 10.0. The molecule has 0 saturated heterocycles. The van der Waals surface area contributed by atoms with Gasteiger partial charge in [-0.05, 0) is 63.6 Å². The number of aromatic hydroxyl groups is 1. The Balaban J connectivity index is 1.64. The van der Waals surface area contributed by atoms with Crippen LogP contribution < -0.4 is 24.4 Å². The average Bonchev–Trinajstić information content (AvgIpc) is 3.56. The fourth-order valence-corrected chi connectivity index (χ4v) is 5.88. The van der Waals surface area contributed by atoms with Gasteiger partial charge in [0.05, 0.1) is 52.2 Å². The van der Waals surface area contributed by atoms with Crippen molar-refractivity contribution in [2.24, 2.45) is 4.99 Å². The number of nitrogens with zero attached hydrogens (tertiary/aromatic N) is 3. The second kappa shape index (κ2) is 12.2. The Morgan fingerprint density at radius 1 is 1.20 bits per heavy atom. The van der Waals surface area contributed by atoms with Crippen LogP contribution in [0.1, 0.15) is 45.1 Å². The number of aromatic nitrogens is 1. The zero-order valence-electron chi connectivity index (χ0n) is 24.5. The lowest BCUT2D eigenvalue weighted by Crippen LogP contribution is -2.40. The van der Waals surface area contributed by atoms with Gasteiger partial charge in [-0.2, -0.15) is 0 Å². The van der Waals surface area contributed by atoms with Crippen molar-refractivity contribution >= 4 is 29.1 Å². The van der Waals surface area contributed by atoms with Gasteiger partial charge in [0, 0.05) is 18.2 Å². The molecule has 3 heterocycles. The summed E-state index contributed by atoms with van der Waals surface area (Å²) < 4.78 is 24.3. The number of nitro benzene ring substituents is 1. The maximum atomic E-state index is 13.9. The Kier molecular flexibility index (Phi) is 8.41. The van der Waals surface area contributed by atoms with E-state index < -0.39 is 22.5 Å². The molecule has 5 rings (SSSR count). The predicted octanol–water partition coefficient (Wildman–Crippen LogP) is 4.47. The lowest BCUT2D eigenvalue weighted by Gasteiger charge is -2.25. The Morgan fingerprint density at radius 2 is 1.98 bits per heavy atom. The summed E-state index contributed by atoms with van der Waals surface area (Å²) in [7, 11) is 1.51. The van der Waals surface area contributed by atoms with Gasteiger partial charge in [-0.3, -0.25) is 19.5 Å². The van der Waals surface area contributed by atoms with Crippen molar-refractivity contribution in [1.29, 1.82) is 0 Å². The van der Waals surface area contributed by atoms with Crippen LogP contribution in [0.5, 0.6) is 17.2 Å². The summed E-state index contributed by atoms with van der Waals surface area (Å²) in [5, 5.41) is 21.5. The van der Waals surface area contributed by atoms with Crippen LogP contribution in [-0.4, -0.2) is 40.4 Å². The van der Waals surface area contributed by atoms with Crippen LogP contribution in [0.4, 0.5) is 5.69 Å². The number of methoxy groups -OCH3 is 1. The number of allylic oxidation sites excluding steroid dienone is 1. The molecule has 0 unspecified atom stereocenters. The lowest BCUT2D eigenvalue weighted by molar-refractivity contribution is -0.384. The van der Waals surface area contributed by atoms with Crippen LogP contribution in [0.2, 0.25) is 0 Å². The first-order valence-electron chi connectivity index (χ1n) is 13.6. The molecule has 12 nitrogen and oxygen atoms in total. The lowest BCUT2D eigenvalue weighted by atomic mass is 9.95. The number of phenolic OH excluding ortho intramolecular Hbond substituents is 1. The minimum Gasteiger partial charge on any atom is -0.507 e. The summed E-state index contributed by atoms with van der Waals surface area (Å²) in [4.78, 5) is 42.8. The maximum absolute atomic E-state index is 13.9. The highest BCUT2D eigenvalue weighted by atomic mass is 32.1. The number of hydrogen-bond donors (Lipinski definition) is 1. The van der Waals surface area contributed by atoms with Crippen molar-refractivity contribution in [2.45, 2.75) is 39.8 Å². The van der Waals surface area contributed by atoms with Gasteiger partial charge in [-0.25, -0.2) is 9.79 Å². The molecule has 4 aromatic rings. The van der Waals surface area contributed by atoms with Crippen LogP contribution in [0.15, 0.2) is 74.0 Å². The number of fused-ring (bicyclic) bond motifs is 1. The number of ether oxygens (including phenoxy) is 3. The summed E-state index contributed by atoms with van der Waals surface area (Å²) in [6.07, 6.45) is 1.41. The number of non-ortho nitro benzene ring substituents is 1. The summed E-state index contributed by atoms with van der Waals surface area (Å²) in [5.41, 5.74) is 0.706. The number of esters is 1. The first-order chi connectivity index (χ1) is 21.0. The number of phenols is 1. The van der Waals surface area contributed by atoms with Crippen LogP contribution in [0.25, 0.3) is 17.4 Å². The monoisotopic (exact) mass is 619 g/mol. The largest absolute Gasteiger partial charge is 0.507 e. The van der Waals surface area contributed by atoms with Gasteiger partial charge in [0.15, 0.2) is 16.3 Å². The Labute approximate surface area is 254 Å². The predicted molar refractivity (Wildman–Crippen MR) is 162 cm³/mol. The van der Waals surface area contributed by atoms with Gasteiger partial charge in [0.25, 0.3) is 11.2 Å². The number of furan rings is 1. The normalized spacial score (nSPS) is 14.8. The molecule has 0 fully saturated rings. The van der Waals surface area contributed by atoms with Gasteiger partial charge >= 0.3 is 5.97 Å². The minimum absolute atomic E-state index is 0.104. The van der Waals surface area contributed by atoms with Gasteiger partial charge in [-0.15, -0.1) is 0 Å². The molecule has 13 heteroatoms. The second-order valence-corrected chi connectivity index (χ2v) is 11.0. The van der Waals surface area contributed by atoms with Crippen molar-refractivity contribution in [2.75, 3.05) is 13.7 Å². The summed E-state index contributed by atoms with van der Waals surface area (Å²) in [6, 6.07) is 11.1. The van der Waals surface area contributed by atoms with Crippen LogP contribution in [0, 0.1) is 10.1 Å². The van der Waals surface area contributed by atoms with Crippen molar-refractivity contribution in [1.82, 2.24) is 4.57 Å². The summed E-state index contributed by atoms with van der Waals surface area (Å²) in [6.45, 7) is 7.31. The van der Waals surface area contributed by atoms with Crippen molar-refractivity contribution in [3.05, 3.63) is 101 Å². The standard InChI is InChI=1S/C31H29N3O9S/c1-6-41-30(37)27-17(4)32-31-33(28(27)18-7-11-24(42-16(2)3)25(13-18)40-5)29(36)26(44-31)15-20-9-12-23(43-20)21-14-19(34(38)39)8-10-22(21)35/h7-16,28,35H,6H2,1-5H3/b26-15-/t28-/m1/s1. The quantitative estimate of drug-likeness (QED) is 0.162. The van der Waals surface area contributed by atoms with Crippen LogP contribution in [-0.2, 0) is 9.53 Å². The molecule has 0 bridgehead atoms. The fraction of sp³-hybridized carbons (Fsp3) is 0.258. The van der Waals surface area contributed by atoms with E-state index >= 15 is 0 Å². The van der Waals surface area contributed by atoms with Gasteiger partial charge in [0.2, 0.25) is 0 Å². The molecular formula is C31H29N3O9S. The topological polar surface area (TPSA) is 156 Å². The number of carbonyl (C=O) groups excluding carboxylic acids is 1. The van der Waals surface area contributed by atoms with E-state index in [0.717, 1.165) is 11.3 Å². The molecule has 0 spiro atoms. The van der Waals surface area contributed by atoms with E-state index in [9.17, 15) is 24.8 Å². The van der Waals surface area contributed by atoms with Gasteiger partial charge in [0.1, 0.15) is 17.3 Å². The highest BCUT2D eigenvalue weighted by molar-refractivity contribution is 7.07. The van der Waals surface area contributed by atoms with Crippen molar-refractivity contribution < 1.29 is 33.5 Å². The molecular weight excluding hydrogens is 590 g/mol. The van der Waals surface area contributed by atoms with Crippen molar-refractivity contribution in [3.8, 4) is 28.6 Å². The zero-order chi connectivity index (χ0) is 31.7. The molecule has 1 aliphatic heterocycles. The maximum Gasteiger partial charge on any atom is 0.338 e. The number of hydrogen-bond acceptors (Lipinski definition) is 11. The fourth-order valence-electron chi connectivity index (χ4n) is 4.85. The Hall–Kier alpha value is -5.17. The number of thiazole rings is 1. The third-order valence-electron chi connectivity index (χ3n) is 6.74. The van der Waals surface area contributed by atoms with Crippen molar-refractivity contribution in [3.63, 3.8) is 0 Å². The summed E-state index contributed by atoms with van der Waals surface area (Å²) in [5.74, 6) is 0.606. The highest BCUT2D eigenvalue weighted by Crippen LogP contribution is 2.37. The molecule has 0 saturated carbocycles. The van der Waals surface area contributed by atoms with E-state index in [-0.39, 0.29) is 51.3 Å². The van der Waals surface area contributed by atoms with E-state index in [1.54, 1.807) is 44.2 Å². The molecule has 228 valence electrons. The molecule has 2 aromatic heterocycles. The van der Waals surface area contributed by atoms with Gasteiger partial charge < -0.3 is 23.7 Å². The molecule has 0 amide bonds. The zero-order valence-corrected chi connectivity index (χ0v) is 25.3. The smallest absolute Gasteiger partial charge is 0.338 e. The molecule has 2 aromatic carbocycles. The minimum atomic E-state index is -0.872. The molecule has 0 radical (unpaired) electrons. The average molecular weight is 620 g/mol. The molecule has 1 N–H and O–H groups in total. The van der Waals surface area contributed by atoms with E-state index in [4.69, 9.17) is 18.6 Å². The molecule has 1 atom stereocenters. The number of carbonyl (C=O) groups is 1. The number of rotatable bonds is 9. The van der Waals surface area contributed by atoms with E-state index in [1.807, 2.05) is 13.8 Å². The summed E-state index contributed by atoms with van der Waals surface area (Å²) >= 11 is 1.11. The first kappa shape index (κ1) is 30.3. The Morgan fingerprint density at radius 3 is 2.66 bits per heavy atom.